The fourth-order valence-electron chi connectivity index (χ4n) is 2.72. The molecule has 112 valence electrons. The minimum Gasteiger partial charge on any atom is -0.296 e. The normalized spacial score (nSPS) is 16.5. The quantitative estimate of drug-likeness (QED) is 0.866. The van der Waals surface area contributed by atoms with E-state index in [1.165, 1.54) is 32.4 Å². The fourth-order valence-corrected chi connectivity index (χ4v) is 2.72. The van der Waals surface area contributed by atoms with Gasteiger partial charge in [-0.25, -0.2) is 9.67 Å². The monoisotopic (exact) mass is 285 g/mol. The maximum absolute atomic E-state index is 4.77. The molecule has 0 saturated carbocycles. The first kappa shape index (κ1) is 14.2. The fraction of sp³-hybridized carbons (Fsp3) is 0.562. The number of hydrogen-bond acceptors (Lipinski definition) is 4. The van der Waals surface area contributed by atoms with Gasteiger partial charge in [-0.1, -0.05) is 20.3 Å². The Labute approximate surface area is 126 Å². The molecule has 0 amide bonds. The van der Waals surface area contributed by atoms with Crippen LogP contribution in [-0.4, -0.2) is 37.7 Å². The summed E-state index contributed by atoms with van der Waals surface area (Å²) in [4.78, 5) is 11.3. The highest BCUT2D eigenvalue weighted by Crippen LogP contribution is 2.17. The largest absolute Gasteiger partial charge is 0.296 e. The maximum Gasteiger partial charge on any atom is 0.153 e. The van der Waals surface area contributed by atoms with E-state index < -0.39 is 0 Å². The van der Waals surface area contributed by atoms with Crippen molar-refractivity contribution in [3.05, 3.63) is 36.2 Å². The van der Waals surface area contributed by atoms with Gasteiger partial charge in [-0.15, -0.1) is 0 Å². The smallest absolute Gasteiger partial charge is 0.153 e. The molecule has 0 aliphatic carbocycles. The lowest BCUT2D eigenvalue weighted by Crippen LogP contribution is -2.30. The number of rotatable bonds is 4. The predicted octanol–water partition coefficient (Wildman–Crippen LogP) is 2.77. The Morgan fingerprint density at radius 2 is 1.81 bits per heavy atom. The van der Waals surface area contributed by atoms with Gasteiger partial charge in [0.05, 0.1) is 12.2 Å². The molecule has 0 radical (unpaired) electrons. The van der Waals surface area contributed by atoms with Crippen LogP contribution in [0.4, 0.5) is 0 Å². The molecule has 1 saturated heterocycles. The topological polar surface area (TPSA) is 46.8 Å². The van der Waals surface area contributed by atoms with E-state index in [1.54, 1.807) is 12.4 Å². The first-order chi connectivity index (χ1) is 10.2. The first-order valence-electron chi connectivity index (χ1n) is 7.82. The van der Waals surface area contributed by atoms with Crippen molar-refractivity contribution in [1.29, 1.82) is 0 Å². The molecule has 21 heavy (non-hydrogen) atoms. The van der Waals surface area contributed by atoms with Crippen molar-refractivity contribution in [3.63, 3.8) is 0 Å². The van der Waals surface area contributed by atoms with Gasteiger partial charge >= 0.3 is 0 Å². The van der Waals surface area contributed by atoms with E-state index in [0.717, 1.165) is 23.9 Å². The van der Waals surface area contributed by atoms with Crippen molar-refractivity contribution in [2.75, 3.05) is 13.1 Å². The minimum atomic E-state index is 0.341. The molecule has 2 aromatic heterocycles. The van der Waals surface area contributed by atoms with Crippen LogP contribution in [0, 0.1) is 0 Å². The Hall–Kier alpha value is -1.75. The Morgan fingerprint density at radius 1 is 1.10 bits per heavy atom. The van der Waals surface area contributed by atoms with E-state index in [-0.39, 0.29) is 0 Å². The molecule has 5 nitrogen and oxygen atoms in total. The summed E-state index contributed by atoms with van der Waals surface area (Å²) in [7, 11) is 0. The Bertz CT molecular complexity index is 570. The molecule has 3 heterocycles. The molecule has 1 fully saturated rings. The van der Waals surface area contributed by atoms with Crippen molar-refractivity contribution in [2.45, 2.75) is 45.6 Å². The zero-order valence-corrected chi connectivity index (χ0v) is 12.9. The van der Waals surface area contributed by atoms with E-state index in [2.05, 4.69) is 23.7 Å². The summed E-state index contributed by atoms with van der Waals surface area (Å²) in [5, 5.41) is 4.70. The van der Waals surface area contributed by atoms with Crippen LogP contribution in [0.1, 0.15) is 50.7 Å². The Kier molecular flexibility index (Phi) is 4.29. The number of hydrogen-bond donors (Lipinski definition) is 0. The van der Waals surface area contributed by atoms with E-state index in [9.17, 15) is 0 Å². The second kappa shape index (κ2) is 6.35. The molecule has 0 N–H and O–H groups in total. The number of aromatic nitrogens is 4. The average molecular weight is 285 g/mol. The van der Waals surface area contributed by atoms with Crippen LogP contribution in [0.3, 0.4) is 0 Å². The highest BCUT2D eigenvalue weighted by Gasteiger charge is 2.18. The van der Waals surface area contributed by atoms with Crippen LogP contribution in [0.2, 0.25) is 0 Å². The molecule has 0 unspecified atom stereocenters. The first-order valence-corrected chi connectivity index (χ1v) is 7.82. The predicted molar refractivity (Wildman–Crippen MR) is 82.4 cm³/mol. The van der Waals surface area contributed by atoms with Crippen molar-refractivity contribution >= 4 is 0 Å². The van der Waals surface area contributed by atoms with Crippen molar-refractivity contribution < 1.29 is 0 Å². The number of pyridine rings is 1. The molecule has 1 aliphatic heterocycles. The van der Waals surface area contributed by atoms with Gasteiger partial charge in [-0.2, -0.15) is 5.10 Å². The van der Waals surface area contributed by atoms with Crippen molar-refractivity contribution in [1.82, 2.24) is 24.6 Å². The lowest BCUT2D eigenvalue weighted by Gasteiger charge is -2.25. The molecular formula is C16H23N5. The lowest BCUT2D eigenvalue weighted by atomic mass is 10.1. The van der Waals surface area contributed by atoms with Crippen LogP contribution in [0.25, 0.3) is 5.69 Å². The maximum atomic E-state index is 4.77. The summed E-state index contributed by atoms with van der Waals surface area (Å²) in [6, 6.07) is 3.97. The summed E-state index contributed by atoms with van der Waals surface area (Å²) in [6.07, 6.45) is 7.54. The molecule has 5 heteroatoms. The molecule has 1 aliphatic rings. The summed E-state index contributed by atoms with van der Waals surface area (Å²) in [5.74, 6) is 2.29. The van der Waals surface area contributed by atoms with Crippen LogP contribution in [-0.2, 0) is 6.54 Å². The van der Waals surface area contributed by atoms with E-state index in [4.69, 9.17) is 10.1 Å². The Morgan fingerprint density at radius 3 is 2.48 bits per heavy atom. The Balaban J connectivity index is 1.90. The third-order valence-electron chi connectivity index (χ3n) is 3.93. The average Bonchev–Trinajstić information content (AvgIpc) is 2.93. The van der Waals surface area contributed by atoms with Gasteiger partial charge in [0.15, 0.2) is 5.82 Å². The molecular weight excluding hydrogens is 262 g/mol. The van der Waals surface area contributed by atoms with E-state index >= 15 is 0 Å². The number of likely N-dealkylation sites (tertiary alicyclic amines) is 1. The molecule has 0 aromatic carbocycles. The van der Waals surface area contributed by atoms with Crippen LogP contribution < -0.4 is 0 Å². The molecule has 0 spiro atoms. The summed E-state index contributed by atoms with van der Waals surface area (Å²) in [5.41, 5.74) is 1.04. The SMILES string of the molecule is CC(C)c1nc(CN2CCCCC2)n(-c2ccncc2)n1. The van der Waals surface area contributed by atoms with Crippen molar-refractivity contribution in [3.8, 4) is 5.69 Å². The molecule has 3 rings (SSSR count). The van der Waals surface area contributed by atoms with E-state index in [1.807, 2.05) is 16.8 Å². The van der Waals surface area contributed by atoms with Crippen LogP contribution in [0.5, 0.6) is 0 Å². The minimum absolute atomic E-state index is 0.341. The van der Waals surface area contributed by atoms with Crippen LogP contribution in [0.15, 0.2) is 24.5 Å². The van der Waals surface area contributed by atoms with Crippen LogP contribution >= 0.6 is 0 Å². The molecule has 2 aromatic rings. The third-order valence-corrected chi connectivity index (χ3v) is 3.93. The molecule has 0 atom stereocenters. The zero-order valence-electron chi connectivity index (χ0n) is 12.9. The highest BCUT2D eigenvalue weighted by molar-refractivity contribution is 5.29. The van der Waals surface area contributed by atoms with Gasteiger partial charge in [0, 0.05) is 18.3 Å². The van der Waals surface area contributed by atoms with Gasteiger partial charge < -0.3 is 0 Å². The summed E-state index contributed by atoms with van der Waals surface area (Å²) < 4.78 is 1.98. The third kappa shape index (κ3) is 3.29. The summed E-state index contributed by atoms with van der Waals surface area (Å²) >= 11 is 0. The number of piperidine rings is 1. The van der Waals surface area contributed by atoms with Gasteiger partial charge in [-0.3, -0.25) is 9.88 Å². The van der Waals surface area contributed by atoms with E-state index in [0.29, 0.717) is 5.92 Å². The lowest BCUT2D eigenvalue weighted by molar-refractivity contribution is 0.214. The standard InChI is InChI=1S/C16H23N5/c1-13(2)16-18-15(12-20-10-4-3-5-11-20)21(19-16)14-6-8-17-9-7-14/h6-9,13H,3-5,10-12H2,1-2H3. The van der Waals surface area contributed by atoms with Gasteiger partial charge in [-0.05, 0) is 38.1 Å². The van der Waals surface area contributed by atoms with Crippen molar-refractivity contribution in [2.24, 2.45) is 0 Å². The highest BCUT2D eigenvalue weighted by atomic mass is 15.4. The molecule has 0 bridgehead atoms. The van der Waals surface area contributed by atoms with Gasteiger partial charge in [0.2, 0.25) is 0 Å². The summed E-state index contributed by atoms with van der Waals surface area (Å²) in [6.45, 7) is 7.48. The zero-order chi connectivity index (χ0) is 14.7. The van der Waals surface area contributed by atoms with Gasteiger partial charge in [0.1, 0.15) is 5.82 Å². The number of nitrogens with zero attached hydrogens (tertiary/aromatic N) is 5. The second-order valence-electron chi connectivity index (χ2n) is 5.99. The van der Waals surface area contributed by atoms with Gasteiger partial charge in [0.25, 0.3) is 0 Å². The second-order valence-corrected chi connectivity index (χ2v) is 5.99.